The van der Waals surface area contributed by atoms with Crippen molar-refractivity contribution in [3.63, 3.8) is 0 Å². The van der Waals surface area contributed by atoms with Crippen LogP contribution < -0.4 is 5.73 Å². The van der Waals surface area contributed by atoms with E-state index in [9.17, 15) is 9.59 Å². The summed E-state index contributed by atoms with van der Waals surface area (Å²) in [6.07, 6.45) is 2.96. The zero-order chi connectivity index (χ0) is 10.7. The van der Waals surface area contributed by atoms with Crippen molar-refractivity contribution in [1.82, 2.24) is 4.90 Å². The lowest BCUT2D eigenvalue weighted by molar-refractivity contribution is -0.129. The highest BCUT2D eigenvalue weighted by Gasteiger charge is 2.31. The van der Waals surface area contributed by atoms with Crippen LogP contribution in [0.1, 0.15) is 33.1 Å². The first-order chi connectivity index (χ1) is 6.54. The van der Waals surface area contributed by atoms with Crippen LogP contribution in [0, 0.1) is 0 Å². The van der Waals surface area contributed by atoms with Crippen molar-refractivity contribution < 1.29 is 9.59 Å². The van der Waals surface area contributed by atoms with Crippen LogP contribution in [0.15, 0.2) is 0 Å². The minimum Gasteiger partial charge on any atom is -0.368 e. The molecule has 2 atom stereocenters. The van der Waals surface area contributed by atoms with E-state index in [1.54, 1.807) is 13.8 Å². The first kappa shape index (κ1) is 11.2. The van der Waals surface area contributed by atoms with E-state index in [-0.39, 0.29) is 23.8 Å². The van der Waals surface area contributed by atoms with E-state index in [4.69, 9.17) is 5.73 Å². The Kier molecular flexibility index (Phi) is 3.63. The van der Waals surface area contributed by atoms with Crippen LogP contribution >= 0.6 is 0 Å². The van der Waals surface area contributed by atoms with Gasteiger partial charge in [0.05, 0.1) is 12.1 Å². The Balaban J connectivity index is 2.72. The Labute approximate surface area is 84.4 Å². The van der Waals surface area contributed by atoms with Crippen LogP contribution in [0.25, 0.3) is 0 Å². The minimum atomic E-state index is -0.349. The van der Waals surface area contributed by atoms with Gasteiger partial charge < -0.3 is 5.73 Å². The van der Waals surface area contributed by atoms with E-state index in [0.29, 0.717) is 0 Å². The van der Waals surface area contributed by atoms with Gasteiger partial charge in [-0.25, -0.2) is 0 Å². The van der Waals surface area contributed by atoms with Gasteiger partial charge in [-0.1, -0.05) is 6.42 Å². The van der Waals surface area contributed by atoms with Crippen molar-refractivity contribution in [1.29, 1.82) is 0 Å². The van der Waals surface area contributed by atoms with Crippen LogP contribution in [-0.2, 0) is 9.59 Å². The lowest BCUT2D eigenvalue weighted by Crippen LogP contribution is -2.52. The monoisotopic (exact) mass is 198 g/mol. The van der Waals surface area contributed by atoms with Crippen molar-refractivity contribution >= 4 is 11.7 Å². The molecule has 2 unspecified atom stereocenters. The molecule has 0 spiro atoms. The van der Waals surface area contributed by atoms with Gasteiger partial charge >= 0.3 is 0 Å². The number of rotatable bonds is 3. The highest BCUT2D eigenvalue weighted by molar-refractivity contribution is 5.84. The van der Waals surface area contributed by atoms with E-state index in [1.807, 2.05) is 4.90 Å². The predicted octanol–water partition coefficient (Wildman–Crippen LogP) is 0.304. The first-order valence-electron chi connectivity index (χ1n) is 5.09. The molecule has 1 amide bonds. The van der Waals surface area contributed by atoms with Crippen molar-refractivity contribution in [3.8, 4) is 0 Å². The van der Waals surface area contributed by atoms with Crippen molar-refractivity contribution in [2.24, 2.45) is 5.73 Å². The number of piperidine rings is 1. The molecule has 1 rings (SSSR count). The van der Waals surface area contributed by atoms with E-state index < -0.39 is 0 Å². The van der Waals surface area contributed by atoms with E-state index in [1.165, 1.54) is 0 Å². The number of likely N-dealkylation sites (tertiary alicyclic amines) is 1. The fourth-order valence-electron chi connectivity index (χ4n) is 2.02. The van der Waals surface area contributed by atoms with Gasteiger partial charge in [0, 0.05) is 0 Å². The number of primary amides is 1. The maximum Gasteiger partial charge on any atom is 0.234 e. The van der Waals surface area contributed by atoms with Crippen LogP contribution in [0.2, 0.25) is 0 Å². The Morgan fingerprint density at radius 2 is 2.07 bits per heavy atom. The highest BCUT2D eigenvalue weighted by atomic mass is 16.1. The smallest absolute Gasteiger partial charge is 0.234 e. The van der Waals surface area contributed by atoms with Gasteiger partial charge in [0.2, 0.25) is 5.91 Å². The summed E-state index contributed by atoms with van der Waals surface area (Å²) in [5.74, 6) is -0.212. The fraction of sp³-hybridized carbons (Fsp3) is 0.800. The van der Waals surface area contributed by atoms with Gasteiger partial charge in [-0.3, -0.25) is 14.5 Å². The number of amides is 1. The standard InChI is InChI=1S/C10H18N2O2/c1-7(10(11)14)12-6-4-3-5-9(12)8(2)13/h7,9H,3-6H2,1-2H3,(H2,11,14). The normalized spacial score (nSPS) is 25.7. The van der Waals surface area contributed by atoms with Gasteiger partial charge in [0.1, 0.15) is 5.78 Å². The summed E-state index contributed by atoms with van der Waals surface area (Å²) in [6.45, 7) is 4.15. The second-order valence-electron chi connectivity index (χ2n) is 3.94. The molecule has 1 aliphatic heterocycles. The summed E-state index contributed by atoms with van der Waals surface area (Å²) in [7, 11) is 0. The van der Waals surface area contributed by atoms with Gasteiger partial charge in [-0.05, 0) is 33.2 Å². The van der Waals surface area contributed by atoms with Crippen molar-refractivity contribution in [2.45, 2.75) is 45.2 Å². The van der Waals surface area contributed by atoms with Gasteiger partial charge in [0.15, 0.2) is 0 Å². The second kappa shape index (κ2) is 4.55. The molecular weight excluding hydrogens is 180 g/mol. The number of hydrogen-bond donors (Lipinski definition) is 1. The van der Waals surface area contributed by atoms with Crippen LogP contribution in [0.4, 0.5) is 0 Å². The number of ketones is 1. The summed E-state index contributed by atoms with van der Waals surface area (Å²) in [6, 6.07) is -0.435. The fourth-order valence-corrected chi connectivity index (χ4v) is 2.02. The molecule has 0 aromatic heterocycles. The minimum absolute atomic E-state index is 0.105. The quantitative estimate of drug-likeness (QED) is 0.709. The zero-order valence-corrected chi connectivity index (χ0v) is 8.82. The maximum atomic E-state index is 11.3. The average Bonchev–Trinajstić information content (AvgIpc) is 2.16. The number of carbonyl (C=O) groups excluding carboxylic acids is 2. The Morgan fingerprint density at radius 3 is 2.57 bits per heavy atom. The number of hydrogen-bond acceptors (Lipinski definition) is 3. The average molecular weight is 198 g/mol. The molecule has 0 aromatic rings. The molecule has 0 bridgehead atoms. The van der Waals surface area contributed by atoms with Gasteiger partial charge in [-0.15, -0.1) is 0 Å². The predicted molar refractivity (Wildman–Crippen MR) is 53.7 cm³/mol. The van der Waals surface area contributed by atoms with Gasteiger partial charge in [-0.2, -0.15) is 0 Å². The zero-order valence-electron chi connectivity index (χ0n) is 8.82. The molecule has 0 aromatic carbocycles. The Hall–Kier alpha value is -0.900. The van der Waals surface area contributed by atoms with E-state index in [0.717, 1.165) is 25.8 Å². The number of Topliss-reactive ketones (excluding diaryl/α,β-unsaturated/α-hetero) is 1. The largest absolute Gasteiger partial charge is 0.368 e. The second-order valence-corrected chi connectivity index (χ2v) is 3.94. The molecule has 0 saturated carbocycles. The van der Waals surface area contributed by atoms with Crippen LogP contribution in [0.5, 0.6) is 0 Å². The molecule has 1 saturated heterocycles. The van der Waals surface area contributed by atoms with Crippen molar-refractivity contribution in [3.05, 3.63) is 0 Å². The summed E-state index contributed by atoms with van der Waals surface area (Å²) < 4.78 is 0. The Morgan fingerprint density at radius 1 is 1.43 bits per heavy atom. The van der Waals surface area contributed by atoms with Crippen LogP contribution in [0.3, 0.4) is 0 Å². The summed E-state index contributed by atoms with van der Waals surface area (Å²) in [5, 5.41) is 0. The molecule has 0 radical (unpaired) electrons. The third-order valence-electron chi connectivity index (χ3n) is 2.92. The summed E-state index contributed by atoms with van der Waals surface area (Å²) in [5.41, 5.74) is 5.24. The van der Waals surface area contributed by atoms with E-state index >= 15 is 0 Å². The summed E-state index contributed by atoms with van der Waals surface area (Å²) >= 11 is 0. The molecule has 80 valence electrons. The maximum absolute atomic E-state index is 11.3. The van der Waals surface area contributed by atoms with Crippen molar-refractivity contribution in [2.75, 3.05) is 6.54 Å². The third-order valence-corrected chi connectivity index (χ3v) is 2.92. The molecule has 1 fully saturated rings. The van der Waals surface area contributed by atoms with Crippen LogP contribution in [-0.4, -0.2) is 35.2 Å². The number of carbonyl (C=O) groups is 2. The SMILES string of the molecule is CC(=O)C1CCCCN1C(C)C(N)=O. The molecule has 14 heavy (non-hydrogen) atoms. The topological polar surface area (TPSA) is 63.4 Å². The van der Waals surface area contributed by atoms with Gasteiger partial charge in [0.25, 0.3) is 0 Å². The molecule has 1 aliphatic rings. The number of nitrogens with zero attached hydrogens (tertiary/aromatic N) is 1. The van der Waals surface area contributed by atoms with E-state index in [2.05, 4.69) is 0 Å². The molecule has 4 nitrogen and oxygen atoms in total. The third kappa shape index (κ3) is 2.32. The highest BCUT2D eigenvalue weighted by Crippen LogP contribution is 2.20. The summed E-state index contributed by atoms with van der Waals surface area (Å²) in [4.78, 5) is 24.3. The molecule has 0 aliphatic carbocycles. The molecule has 4 heteroatoms. The lowest BCUT2D eigenvalue weighted by Gasteiger charge is -2.37. The number of nitrogens with two attached hydrogens (primary N) is 1. The molecular formula is C10H18N2O2. The molecule has 1 heterocycles. The molecule has 2 N–H and O–H groups in total. The lowest BCUT2D eigenvalue weighted by atomic mass is 9.97. The Bertz CT molecular complexity index is 240. The first-order valence-corrected chi connectivity index (χ1v) is 5.09.